The van der Waals surface area contributed by atoms with Crippen LogP contribution in [0.3, 0.4) is 0 Å². The minimum absolute atomic E-state index is 0.0209. The van der Waals surface area contributed by atoms with E-state index in [4.69, 9.17) is 4.98 Å². The van der Waals surface area contributed by atoms with Gasteiger partial charge in [-0.1, -0.05) is 103 Å². The van der Waals surface area contributed by atoms with Crippen LogP contribution in [0.25, 0.3) is 0 Å². The van der Waals surface area contributed by atoms with E-state index in [0.717, 1.165) is 25.7 Å². The van der Waals surface area contributed by atoms with Crippen LogP contribution in [-0.2, 0) is 9.59 Å². The standard InChI is InChI=1S/C44H49N5O4/c50-41-25-14-26-42(51)47-28-40(34-21-11-4-12-22-34)49(30-38(47)32-17-7-2-8-18-32)44(53)36-24-13-23-35(45-36)43(52)48-29-37(31-15-5-1-6-16-31)46(41)27-39(48)33-19-9-3-10-20-33/h1-13,15,17,19,21,23-24,31-34,37-40H,14,16,18,20,22,25-30H2/t31?,32?,33?,34?,37-,38-,39-,40-/m0/s1. The Balaban J connectivity index is 1.21. The number of nitrogens with zero attached hydrogens (tertiary/aromatic N) is 5. The SMILES string of the molecule is O=C1CCCC(=O)N2C[C@@H](C3C=CC=CC3)N(C[C@H]2C2C=CC=CC2)C(=O)c2cccc(n2)C(=O)N2C[C@@H](C3C=CC=CC3)N1C[C@H]2C1C=CC=CC1. The summed E-state index contributed by atoms with van der Waals surface area (Å²) in [7, 11) is 0. The van der Waals surface area contributed by atoms with Crippen molar-refractivity contribution in [3.05, 3.63) is 127 Å². The molecule has 2 fully saturated rings. The highest BCUT2D eigenvalue weighted by Crippen LogP contribution is 2.35. The average Bonchev–Trinajstić information content (AvgIpc) is 3.23. The molecule has 0 radical (unpaired) electrons. The predicted octanol–water partition coefficient (Wildman–Crippen LogP) is 5.84. The van der Waals surface area contributed by atoms with Crippen molar-refractivity contribution < 1.29 is 19.2 Å². The van der Waals surface area contributed by atoms with E-state index in [1.54, 1.807) is 18.2 Å². The van der Waals surface area contributed by atoms with Crippen LogP contribution < -0.4 is 0 Å². The van der Waals surface area contributed by atoms with E-state index in [1.165, 1.54) is 0 Å². The Morgan fingerprint density at radius 3 is 1.13 bits per heavy atom. The van der Waals surface area contributed by atoms with Gasteiger partial charge in [0.15, 0.2) is 0 Å². The maximum atomic E-state index is 14.8. The lowest BCUT2D eigenvalue weighted by Crippen LogP contribution is -2.65. The first-order valence-corrected chi connectivity index (χ1v) is 19.5. The number of piperazine rings is 2. The fourth-order valence-electron chi connectivity index (χ4n) is 9.43. The Morgan fingerprint density at radius 1 is 0.453 bits per heavy atom. The van der Waals surface area contributed by atoms with E-state index in [1.807, 2.05) is 68.2 Å². The number of amides is 4. The van der Waals surface area contributed by atoms with Crippen LogP contribution in [0.4, 0.5) is 0 Å². The van der Waals surface area contributed by atoms with Crippen LogP contribution >= 0.6 is 0 Å². The van der Waals surface area contributed by atoms with Gasteiger partial charge in [0.1, 0.15) is 11.4 Å². The van der Waals surface area contributed by atoms with Gasteiger partial charge in [-0.2, -0.15) is 0 Å². The zero-order valence-corrected chi connectivity index (χ0v) is 30.2. The van der Waals surface area contributed by atoms with Gasteiger partial charge in [-0.15, -0.1) is 0 Å². The second-order valence-corrected chi connectivity index (χ2v) is 15.4. The highest BCUT2D eigenvalue weighted by atomic mass is 16.2. The third kappa shape index (κ3) is 7.18. The van der Waals surface area contributed by atoms with Crippen molar-refractivity contribution in [2.24, 2.45) is 23.7 Å². The molecule has 8 atom stereocenters. The summed E-state index contributed by atoms with van der Waals surface area (Å²) >= 11 is 0. The highest BCUT2D eigenvalue weighted by Gasteiger charge is 2.46. The Bertz CT molecular complexity index is 1720. The van der Waals surface area contributed by atoms with Gasteiger partial charge in [-0.25, -0.2) is 4.98 Å². The molecule has 6 aliphatic heterocycles. The molecule has 11 rings (SSSR count). The molecule has 0 N–H and O–H groups in total. The molecule has 4 aliphatic carbocycles. The highest BCUT2D eigenvalue weighted by molar-refractivity contribution is 5.97. The number of hydrogen-bond acceptors (Lipinski definition) is 5. The average molecular weight is 712 g/mol. The van der Waals surface area contributed by atoms with Crippen molar-refractivity contribution in [3.8, 4) is 0 Å². The number of aromatic nitrogens is 1. The molecule has 9 nitrogen and oxygen atoms in total. The quantitative estimate of drug-likeness (QED) is 0.392. The summed E-state index contributed by atoms with van der Waals surface area (Å²) in [6, 6.07) is 4.19. The van der Waals surface area contributed by atoms with Crippen molar-refractivity contribution in [3.63, 3.8) is 0 Å². The van der Waals surface area contributed by atoms with Gasteiger partial charge < -0.3 is 19.6 Å². The minimum Gasteiger partial charge on any atom is -0.335 e. The summed E-state index contributed by atoms with van der Waals surface area (Å²) in [5.74, 6) is -0.240. The largest absolute Gasteiger partial charge is 0.335 e. The van der Waals surface area contributed by atoms with Gasteiger partial charge in [0.25, 0.3) is 11.8 Å². The molecular formula is C44H49N5O4. The number of rotatable bonds is 4. The lowest BCUT2D eigenvalue weighted by atomic mass is 9.83. The molecule has 0 aromatic carbocycles. The Labute approximate surface area is 312 Å². The zero-order valence-electron chi connectivity index (χ0n) is 30.2. The molecule has 4 amide bonds. The van der Waals surface area contributed by atoms with Crippen LogP contribution in [0.2, 0.25) is 0 Å². The van der Waals surface area contributed by atoms with Crippen LogP contribution in [0.5, 0.6) is 0 Å². The molecule has 10 aliphatic rings. The Hall–Kier alpha value is -5.05. The number of carbonyl (C=O) groups excluding carboxylic acids is 4. The van der Waals surface area contributed by atoms with Gasteiger partial charge in [0.05, 0.1) is 24.2 Å². The molecule has 2 saturated heterocycles. The molecule has 53 heavy (non-hydrogen) atoms. The van der Waals surface area contributed by atoms with Crippen LogP contribution in [-0.4, -0.2) is 98.6 Å². The monoisotopic (exact) mass is 711 g/mol. The van der Waals surface area contributed by atoms with Crippen LogP contribution in [0, 0.1) is 23.7 Å². The van der Waals surface area contributed by atoms with E-state index in [-0.39, 0.29) is 95.7 Å². The van der Waals surface area contributed by atoms with E-state index < -0.39 is 0 Å². The molecule has 1 aromatic heterocycles. The minimum atomic E-state index is -0.270. The third-order valence-corrected chi connectivity index (χ3v) is 12.3. The first-order chi connectivity index (χ1) is 26.0. The van der Waals surface area contributed by atoms with Gasteiger partial charge in [-0.05, 0) is 44.2 Å². The van der Waals surface area contributed by atoms with Crippen molar-refractivity contribution in [1.29, 1.82) is 0 Å². The lowest BCUT2D eigenvalue weighted by Gasteiger charge is -2.51. The summed E-state index contributed by atoms with van der Waals surface area (Å²) < 4.78 is 0. The smallest absolute Gasteiger partial charge is 0.272 e. The maximum Gasteiger partial charge on any atom is 0.272 e. The van der Waals surface area contributed by atoms with Gasteiger partial charge in [-0.3, -0.25) is 19.2 Å². The summed E-state index contributed by atoms with van der Waals surface area (Å²) in [4.78, 5) is 71.0. The number of hydrogen-bond donors (Lipinski definition) is 0. The normalized spacial score (nSPS) is 33.0. The maximum absolute atomic E-state index is 14.8. The van der Waals surface area contributed by atoms with Gasteiger partial charge in [0.2, 0.25) is 11.8 Å². The molecular weight excluding hydrogens is 663 g/mol. The second kappa shape index (κ2) is 15.5. The summed E-state index contributed by atoms with van der Waals surface area (Å²) in [6.07, 6.45) is 37.2. The molecule has 1 aromatic rings. The molecule has 0 saturated carbocycles. The second-order valence-electron chi connectivity index (χ2n) is 15.4. The van der Waals surface area contributed by atoms with Gasteiger partial charge in [0, 0.05) is 62.7 Å². The molecule has 274 valence electrons. The number of carbonyl (C=O) groups is 4. The van der Waals surface area contributed by atoms with E-state index in [9.17, 15) is 19.2 Å². The lowest BCUT2D eigenvalue weighted by molar-refractivity contribution is -0.141. The van der Waals surface area contributed by atoms with Crippen LogP contribution in [0.15, 0.2) is 115 Å². The van der Waals surface area contributed by atoms with Crippen LogP contribution in [0.1, 0.15) is 65.9 Å². The summed E-state index contributed by atoms with van der Waals surface area (Å²) in [5.41, 5.74) is 0.468. The van der Waals surface area contributed by atoms with E-state index in [0.29, 0.717) is 32.6 Å². The van der Waals surface area contributed by atoms with Gasteiger partial charge >= 0.3 is 0 Å². The molecule has 9 heteroatoms. The fourth-order valence-corrected chi connectivity index (χ4v) is 9.43. The van der Waals surface area contributed by atoms with Crippen molar-refractivity contribution in [2.45, 2.75) is 69.1 Å². The van der Waals surface area contributed by atoms with Crippen molar-refractivity contribution in [2.75, 3.05) is 26.2 Å². The summed E-state index contributed by atoms with van der Waals surface area (Å²) in [6.45, 7) is 1.51. The third-order valence-electron chi connectivity index (χ3n) is 12.3. The Morgan fingerprint density at radius 2 is 0.792 bits per heavy atom. The molecule has 6 bridgehead atoms. The van der Waals surface area contributed by atoms with Crippen molar-refractivity contribution >= 4 is 23.6 Å². The molecule has 4 unspecified atom stereocenters. The molecule has 0 spiro atoms. The first kappa shape index (κ1) is 35.0. The fraction of sp³-hybridized carbons (Fsp3) is 0.432. The predicted molar refractivity (Wildman–Crippen MR) is 204 cm³/mol. The molecule has 7 heterocycles. The Kier molecular flexibility index (Phi) is 10.2. The van der Waals surface area contributed by atoms with E-state index in [2.05, 4.69) is 48.6 Å². The topological polar surface area (TPSA) is 94.1 Å². The number of pyridine rings is 1. The zero-order chi connectivity index (χ0) is 36.3. The van der Waals surface area contributed by atoms with E-state index >= 15 is 0 Å². The first-order valence-electron chi connectivity index (χ1n) is 19.5. The number of allylic oxidation sites excluding steroid dienone is 12. The van der Waals surface area contributed by atoms with Crippen molar-refractivity contribution in [1.82, 2.24) is 24.6 Å². The summed E-state index contributed by atoms with van der Waals surface area (Å²) in [5, 5.41) is 0.